The first-order chi connectivity index (χ1) is 8.58. The Morgan fingerprint density at radius 2 is 2.17 bits per heavy atom. The Morgan fingerprint density at radius 1 is 1.39 bits per heavy atom. The minimum atomic E-state index is 0.288. The highest BCUT2D eigenvalue weighted by atomic mass is 32.2. The van der Waals surface area contributed by atoms with Crippen molar-refractivity contribution in [3.8, 4) is 0 Å². The minimum Gasteiger partial charge on any atom is -0.398 e. The summed E-state index contributed by atoms with van der Waals surface area (Å²) in [6, 6.07) is 6.01. The fourth-order valence-corrected chi connectivity index (χ4v) is 2.37. The Labute approximate surface area is 111 Å². The number of rotatable bonds is 4. The lowest BCUT2D eigenvalue weighted by Crippen LogP contribution is -1.93. The van der Waals surface area contributed by atoms with Gasteiger partial charge in [0.25, 0.3) is 0 Å². The van der Waals surface area contributed by atoms with Crippen LogP contribution in [0.1, 0.15) is 37.0 Å². The predicted molar refractivity (Wildman–Crippen MR) is 73.5 cm³/mol. The second kappa shape index (κ2) is 5.44. The van der Waals surface area contributed by atoms with Gasteiger partial charge in [-0.2, -0.15) is 4.98 Å². The van der Waals surface area contributed by atoms with Crippen LogP contribution in [0.5, 0.6) is 0 Å². The van der Waals surface area contributed by atoms with E-state index in [1.807, 2.05) is 39.0 Å². The van der Waals surface area contributed by atoms with E-state index in [2.05, 4.69) is 10.1 Å². The average molecular weight is 263 g/mol. The molecule has 5 heteroatoms. The SMILES string of the molecule is Cc1cccc(SCc2nc(C(C)C)no2)c1N. The fraction of sp³-hybridized carbons (Fsp3) is 0.385. The molecule has 0 bridgehead atoms. The maximum atomic E-state index is 6.01. The second-order valence-electron chi connectivity index (χ2n) is 4.48. The van der Waals surface area contributed by atoms with Gasteiger partial charge in [0.05, 0.1) is 5.75 Å². The molecule has 0 saturated heterocycles. The van der Waals surface area contributed by atoms with E-state index in [0.717, 1.165) is 22.0 Å². The van der Waals surface area contributed by atoms with Crippen LogP contribution in [0.15, 0.2) is 27.6 Å². The molecule has 0 spiro atoms. The van der Waals surface area contributed by atoms with E-state index in [4.69, 9.17) is 10.3 Å². The van der Waals surface area contributed by atoms with Crippen molar-refractivity contribution < 1.29 is 4.52 Å². The maximum Gasteiger partial charge on any atom is 0.237 e. The van der Waals surface area contributed by atoms with Crippen LogP contribution in [-0.2, 0) is 5.75 Å². The molecular weight excluding hydrogens is 246 g/mol. The van der Waals surface area contributed by atoms with Gasteiger partial charge in [-0.3, -0.25) is 0 Å². The van der Waals surface area contributed by atoms with Crippen LogP contribution in [0.3, 0.4) is 0 Å². The lowest BCUT2D eigenvalue weighted by Gasteiger charge is -2.05. The molecule has 0 aliphatic heterocycles. The summed E-state index contributed by atoms with van der Waals surface area (Å²) < 4.78 is 5.20. The third-order valence-electron chi connectivity index (χ3n) is 2.64. The number of hydrogen-bond donors (Lipinski definition) is 1. The first-order valence-corrected chi connectivity index (χ1v) is 6.87. The van der Waals surface area contributed by atoms with Crippen molar-refractivity contribution in [2.24, 2.45) is 0 Å². The Morgan fingerprint density at radius 3 is 2.83 bits per heavy atom. The van der Waals surface area contributed by atoms with Gasteiger partial charge in [-0.05, 0) is 18.6 Å². The molecule has 0 atom stereocenters. The van der Waals surface area contributed by atoms with E-state index in [1.165, 1.54) is 0 Å². The van der Waals surface area contributed by atoms with Gasteiger partial charge in [0.2, 0.25) is 5.89 Å². The molecule has 96 valence electrons. The molecule has 1 aromatic heterocycles. The third-order valence-corrected chi connectivity index (χ3v) is 3.69. The second-order valence-corrected chi connectivity index (χ2v) is 5.49. The fourth-order valence-electron chi connectivity index (χ4n) is 1.48. The van der Waals surface area contributed by atoms with Gasteiger partial charge in [-0.15, -0.1) is 11.8 Å². The van der Waals surface area contributed by atoms with E-state index in [-0.39, 0.29) is 5.92 Å². The average Bonchev–Trinajstić information content (AvgIpc) is 2.80. The summed E-state index contributed by atoms with van der Waals surface area (Å²) in [7, 11) is 0. The van der Waals surface area contributed by atoms with Gasteiger partial charge >= 0.3 is 0 Å². The Balaban J connectivity index is 2.04. The number of para-hydroxylation sites is 1. The zero-order valence-electron chi connectivity index (χ0n) is 10.8. The largest absolute Gasteiger partial charge is 0.398 e. The molecule has 0 unspecified atom stereocenters. The normalized spacial score (nSPS) is 11.1. The number of benzene rings is 1. The van der Waals surface area contributed by atoms with Crippen molar-refractivity contribution in [2.45, 2.75) is 37.3 Å². The molecule has 2 N–H and O–H groups in total. The molecule has 4 nitrogen and oxygen atoms in total. The molecular formula is C13H17N3OS. The number of nitrogens with zero attached hydrogens (tertiary/aromatic N) is 2. The van der Waals surface area contributed by atoms with E-state index >= 15 is 0 Å². The van der Waals surface area contributed by atoms with E-state index in [1.54, 1.807) is 11.8 Å². The first-order valence-electron chi connectivity index (χ1n) is 5.88. The standard InChI is InChI=1S/C13H17N3OS/c1-8(2)13-15-11(17-16-13)7-18-10-6-4-5-9(3)12(10)14/h4-6,8H,7,14H2,1-3H3. The summed E-state index contributed by atoms with van der Waals surface area (Å²) in [5.41, 5.74) is 7.93. The highest BCUT2D eigenvalue weighted by Gasteiger charge is 2.10. The minimum absolute atomic E-state index is 0.288. The highest BCUT2D eigenvalue weighted by Crippen LogP contribution is 2.29. The number of nitrogens with two attached hydrogens (primary N) is 1. The summed E-state index contributed by atoms with van der Waals surface area (Å²) in [5, 5.41) is 3.94. The lowest BCUT2D eigenvalue weighted by atomic mass is 10.2. The topological polar surface area (TPSA) is 64.9 Å². The Bertz CT molecular complexity index is 537. The molecule has 0 radical (unpaired) electrons. The predicted octanol–water partition coefficient (Wildman–Crippen LogP) is 3.38. The molecule has 0 amide bonds. The van der Waals surface area contributed by atoms with Gasteiger partial charge in [0.1, 0.15) is 0 Å². The van der Waals surface area contributed by atoms with Crippen molar-refractivity contribution in [2.75, 3.05) is 5.73 Å². The first kappa shape index (κ1) is 13.0. The summed E-state index contributed by atoms with van der Waals surface area (Å²) in [4.78, 5) is 5.39. The van der Waals surface area contributed by atoms with Crippen molar-refractivity contribution >= 4 is 17.4 Å². The molecule has 2 aromatic rings. The van der Waals surface area contributed by atoms with Crippen LogP contribution in [0, 0.1) is 6.92 Å². The maximum absolute atomic E-state index is 6.01. The van der Waals surface area contributed by atoms with Crippen molar-refractivity contribution in [3.63, 3.8) is 0 Å². The summed E-state index contributed by atoms with van der Waals surface area (Å²) in [6.07, 6.45) is 0. The van der Waals surface area contributed by atoms with E-state index in [0.29, 0.717) is 11.6 Å². The Hall–Kier alpha value is -1.49. The molecule has 1 heterocycles. The number of hydrogen-bond acceptors (Lipinski definition) is 5. The van der Waals surface area contributed by atoms with Gasteiger partial charge in [-0.1, -0.05) is 31.1 Å². The molecule has 0 saturated carbocycles. The van der Waals surface area contributed by atoms with Gasteiger partial charge in [-0.25, -0.2) is 0 Å². The van der Waals surface area contributed by atoms with Gasteiger partial charge in [0.15, 0.2) is 5.82 Å². The quantitative estimate of drug-likeness (QED) is 0.676. The van der Waals surface area contributed by atoms with E-state index < -0.39 is 0 Å². The zero-order chi connectivity index (χ0) is 13.1. The van der Waals surface area contributed by atoms with Crippen LogP contribution in [-0.4, -0.2) is 10.1 Å². The third kappa shape index (κ3) is 2.85. The van der Waals surface area contributed by atoms with Crippen molar-refractivity contribution in [1.29, 1.82) is 0 Å². The van der Waals surface area contributed by atoms with Crippen LogP contribution in [0.4, 0.5) is 5.69 Å². The van der Waals surface area contributed by atoms with Crippen LogP contribution in [0.25, 0.3) is 0 Å². The van der Waals surface area contributed by atoms with Crippen LogP contribution in [0.2, 0.25) is 0 Å². The lowest BCUT2D eigenvalue weighted by molar-refractivity contribution is 0.383. The Kier molecular flexibility index (Phi) is 3.91. The number of nitrogen functional groups attached to an aromatic ring is 1. The van der Waals surface area contributed by atoms with Crippen molar-refractivity contribution in [3.05, 3.63) is 35.5 Å². The van der Waals surface area contributed by atoms with E-state index in [9.17, 15) is 0 Å². The van der Waals surface area contributed by atoms with Gasteiger partial charge in [0, 0.05) is 16.5 Å². The molecule has 1 aromatic carbocycles. The molecule has 0 aliphatic carbocycles. The molecule has 18 heavy (non-hydrogen) atoms. The molecule has 0 fully saturated rings. The van der Waals surface area contributed by atoms with Gasteiger partial charge < -0.3 is 10.3 Å². The monoisotopic (exact) mass is 263 g/mol. The number of aromatic nitrogens is 2. The number of anilines is 1. The zero-order valence-corrected chi connectivity index (χ0v) is 11.6. The van der Waals surface area contributed by atoms with Crippen molar-refractivity contribution in [1.82, 2.24) is 10.1 Å². The highest BCUT2D eigenvalue weighted by molar-refractivity contribution is 7.98. The van der Waals surface area contributed by atoms with Crippen LogP contribution < -0.4 is 5.73 Å². The number of thioether (sulfide) groups is 1. The summed E-state index contributed by atoms with van der Waals surface area (Å²) >= 11 is 1.62. The smallest absolute Gasteiger partial charge is 0.237 e. The number of aryl methyl sites for hydroxylation is 1. The summed E-state index contributed by atoms with van der Waals surface area (Å²) in [5.74, 6) is 2.33. The van der Waals surface area contributed by atoms with Crippen LogP contribution >= 0.6 is 11.8 Å². The summed E-state index contributed by atoms with van der Waals surface area (Å²) in [6.45, 7) is 6.09. The molecule has 2 rings (SSSR count). The molecule has 0 aliphatic rings.